The van der Waals surface area contributed by atoms with Crippen molar-refractivity contribution >= 4 is 5.91 Å². The highest BCUT2D eigenvalue weighted by atomic mass is 16.5. The Hall–Kier alpha value is -2.89. The minimum Gasteiger partial charge on any atom is -0.493 e. The van der Waals surface area contributed by atoms with Crippen molar-refractivity contribution in [3.05, 3.63) is 47.5 Å². The fraction of sp³-hybridized carbons (Fsp3) is 0.381. The van der Waals surface area contributed by atoms with Crippen LogP contribution in [0.1, 0.15) is 42.7 Å². The van der Waals surface area contributed by atoms with E-state index >= 15 is 0 Å². The zero-order chi connectivity index (χ0) is 19.8. The average molecular weight is 373 g/mol. The number of rotatable bonds is 9. The minimum absolute atomic E-state index is 0.199. The van der Waals surface area contributed by atoms with E-state index in [2.05, 4.69) is 5.32 Å². The Labute approximate surface area is 160 Å². The molecule has 1 amide bonds. The van der Waals surface area contributed by atoms with Gasteiger partial charge in [-0.25, -0.2) is 0 Å². The van der Waals surface area contributed by atoms with Crippen molar-refractivity contribution in [2.45, 2.75) is 26.8 Å². The first-order chi connectivity index (χ1) is 13.0. The summed E-state index contributed by atoms with van der Waals surface area (Å²) in [7, 11) is 3.10. The molecule has 0 aliphatic rings. The molecule has 1 atom stereocenters. The van der Waals surface area contributed by atoms with E-state index in [0.29, 0.717) is 41.8 Å². The molecular weight excluding hydrogens is 346 g/mol. The summed E-state index contributed by atoms with van der Waals surface area (Å²) in [6.07, 6.45) is 0. The first kappa shape index (κ1) is 20.4. The maximum atomic E-state index is 12.6. The van der Waals surface area contributed by atoms with Crippen molar-refractivity contribution in [3.63, 3.8) is 0 Å². The summed E-state index contributed by atoms with van der Waals surface area (Å²) in [5.74, 6) is 2.26. The summed E-state index contributed by atoms with van der Waals surface area (Å²) in [6.45, 7) is 6.87. The van der Waals surface area contributed by atoms with E-state index in [-0.39, 0.29) is 11.9 Å². The van der Waals surface area contributed by atoms with Crippen LogP contribution in [0.5, 0.6) is 23.0 Å². The number of methoxy groups -OCH3 is 2. The summed E-state index contributed by atoms with van der Waals surface area (Å²) >= 11 is 0. The Morgan fingerprint density at radius 2 is 1.52 bits per heavy atom. The lowest BCUT2D eigenvalue weighted by Crippen LogP contribution is -2.26. The SMILES string of the molecule is CCOc1ccc(C(C)NC(=O)c2ccc(OC)c(OC)c2)cc1OCC. The average Bonchev–Trinajstić information content (AvgIpc) is 2.68. The Morgan fingerprint density at radius 3 is 2.15 bits per heavy atom. The molecule has 0 bridgehead atoms. The van der Waals surface area contributed by atoms with E-state index in [1.54, 1.807) is 25.3 Å². The molecule has 6 heteroatoms. The van der Waals surface area contributed by atoms with E-state index in [1.807, 2.05) is 39.0 Å². The number of ether oxygens (including phenoxy) is 4. The number of amides is 1. The van der Waals surface area contributed by atoms with Crippen LogP contribution >= 0.6 is 0 Å². The van der Waals surface area contributed by atoms with Gasteiger partial charge in [0.15, 0.2) is 23.0 Å². The third kappa shape index (κ3) is 5.06. The quantitative estimate of drug-likeness (QED) is 0.720. The van der Waals surface area contributed by atoms with Gasteiger partial charge in [0.05, 0.1) is 33.5 Å². The van der Waals surface area contributed by atoms with Crippen molar-refractivity contribution in [2.24, 2.45) is 0 Å². The highest BCUT2D eigenvalue weighted by Crippen LogP contribution is 2.31. The summed E-state index contributed by atoms with van der Waals surface area (Å²) in [4.78, 5) is 12.6. The highest BCUT2D eigenvalue weighted by Gasteiger charge is 2.16. The van der Waals surface area contributed by atoms with E-state index < -0.39 is 0 Å². The molecule has 0 saturated carbocycles. The number of carbonyl (C=O) groups is 1. The smallest absolute Gasteiger partial charge is 0.251 e. The van der Waals surface area contributed by atoms with Gasteiger partial charge in [-0.2, -0.15) is 0 Å². The molecule has 2 aromatic rings. The van der Waals surface area contributed by atoms with E-state index in [1.165, 1.54) is 7.11 Å². The van der Waals surface area contributed by atoms with Gasteiger partial charge in [-0.15, -0.1) is 0 Å². The zero-order valence-electron chi connectivity index (χ0n) is 16.5. The lowest BCUT2D eigenvalue weighted by molar-refractivity contribution is 0.0939. The largest absolute Gasteiger partial charge is 0.493 e. The maximum Gasteiger partial charge on any atom is 0.251 e. The van der Waals surface area contributed by atoms with Crippen molar-refractivity contribution < 1.29 is 23.7 Å². The molecule has 2 rings (SSSR count). The van der Waals surface area contributed by atoms with Crippen molar-refractivity contribution in [1.29, 1.82) is 0 Å². The predicted molar refractivity (Wildman–Crippen MR) is 104 cm³/mol. The van der Waals surface area contributed by atoms with Gasteiger partial charge < -0.3 is 24.3 Å². The monoisotopic (exact) mass is 373 g/mol. The Kier molecular flexibility index (Phi) is 7.34. The fourth-order valence-corrected chi connectivity index (χ4v) is 2.68. The molecule has 27 heavy (non-hydrogen) atoms. The molecule has 0 radical (unpaired) electrons. The number of hydrogen-bond donors (Lipinski definition) is 1. The number of nitrogens with one attached hydrogen (secondary N) is 1. The van der Waals surface area contributed by atoms with Crippen LogP contribution in [-0.4, -0.2) is 33.3 Å². The molecule has 146 valence electrons. The first-order valence-electron chi connectivity index (χ1n) is 8.96. The van der Waals surface area contributed by atoms with Crippen LogP contribution in [0.4, 0.5) is 0 Å². The molecule has 1 N–H and O–H groups in total. The van der Waals surface area contributed by atoms with Gasteiger partial charge in [-0.1, -0.05) is 6.07 Å². The third-order valence-electron chi connectivity index (χ3n) is 4.06. The molecule has 1 unspecified atom stereocenters. The number of carbonyl (C=O) groups excluding carboxylic acids is 1. The van der Waals surface area contributed by atoms with Crippen LogP contribution in [-0.2, 0) is 0 Å². The summed E-state index contributed by atoms with van der Waals surface area (Å²) in [5.41, 5.74) is 1.42. The summed E-state index contributed by atoms with van der Waals surface area (Å²) in [6, 6.07) is 10.5. The van der Waals surface area contributed by atoms with Crippen LogP contribution < -0.4 is 24.3 Å². The second-order valence-electron chi connectivity index (χ2n) is 5.84. The van der Waals surface area contributed by atoms with Crippen molar-refractivity contribution in [1.82, 2.24) is 5.32 Å². The molecule has 0 fully saturated rings. The number of hydrogen-bond acceptors (Lipinski definition) is 5. The highest BCUT2D eigenvalue weighted by molar-refractivity contribution is 5.95. The first-order valence-corrected chi connectivity index (χ1v) is 8.96. The van der Waals surface area contributed by atoms with Gasteiger partial charge in [0.25, 0.3) is 5.91 Å². The second-order valence-corrected chi connectivity index (χ2v) is 5.84. The molecule has 2 aromatic carbocycles. The molecule has 6 nitrogen and oxygen atoms in total. The molecule has 0 aliphatic carbocycles. The Balaban J connectivity index is 2.17. The summed E-state index contributed by atoms with van der Waals surface area (Å²) in [5, 5.41) is 2.99. The second kappa shape index (κ2) is 9.71. The van der Waals surface area contributed by atoms with Gasteiger partial charge in [0.2, 0.25) is 0 Å². The Bertz CT molecular complexity index is 775. The van der Waals surface area contributed by atoms with Gasteiger partial charge in [0.1, 0.15) is 0 Å². The van der Waals surface area contributed by atoms with Gasteiger partial charge in [0, 0.05) is 5.56 Å². The standard InChI is InChI=1S/C21H27NO5/c1-6-26-18-11-8-15(12-20(18)27-7-2)14(3)22-21(23)16-9-10-17(24-4)19(13-16)25-5/h8-14H,6-7H2,1-5H3,(H,22,23). The number of benzene rings is 2. The lowest BCUT2D eigenvalue weighted by Gasteiger charge is -2.18. The van der Waals surface area contributed by atoms with Crippen LogP contribution in [0, 0.1) is 0 Å². The molecule has 0 aromatic heterocycles. The van der Waals surface area contributed by atoms with Gasteiger partial charge in [-0.3, -0.25) is 4.79 Å². The van der Waals surface area contributed by atoms with E-state index in [4.69, 9.17) is 18.9 Å². The molecular formula is C21H27NO5. The van der Waals surface area contributed by atoms with Gasteiger partial charge in [-0.05, 0) is 56.7 Å². The van der Waals surface area contributed by atoms with Crippen LogP contribution in [0.25, 0.3) is 0 Å². The van der Waals surface area contributed by atoms with Gasteiger partial charge >= 0.3 is 0 Å². The third-order valence-corrected chi connectivity index (χ3v) is 4.06. The van der Waals surface area contributed by atoms with E-state index in [9.17, 15) is 4.79 Å². The Morgan fingerprint density at radius 1 is 0.889 bits per heavy atom. The zero-order valence-corrected chi connectivity index (χ0v) is 16.5. The van der Waals surface area contributed by atoms with Crippen LogP contribution in [0.3, 0.4) is 0 Å². The molecule has 0 saturated heterocycles. The molecule has 0 spiro atoms. The van der Waals surface area contributed by atoms with Crippen molar-refractivity contribution in [2.75, 3.05) is 27.4 Å². The van der Waals surface area contributed by atoms with Crippen LogP contribution in [0.15, 0.2) is 36.4 Å². The molecule has 0 aliphatic heterocycles. The summed E-state index contributed by atoms with van der Waals surface area (Å²) < 4.78 is 21.7. The predicted octanol–water partition coefficient (Wildman–Crippen LogP) is 3.99. The minimum atomic E-state index is -0.208. The normalized spacial score (nSPS) is 11.4. The van der Waals surface area contributed by atoms with Crippen molar-refractivity contribution in [3.8, 4) is 23.0 Å². The maximum absolute atomic E-state index is 12.6. The fourth-order valence-electron chi connectivity index (χ4n) is 2.68. The molecule has 0 heterocycles. The van der Waals surface area contributed by atoms with E-state index in [0.717, 1.165) is 5.56 Å². The lowest BCUT2D eigenvalue weighted by atomic mass is 10.1. The topological polar surface area (TPSA) is 66.0 Å². The van der Waals surface area contributed by atoms with Crippen LogP contribution in [0.2, 0.25) is 0 Å².